The molecule has 3 atom stereocenters. The Morgan fingerprint density at radius 1 is 0.878 bits per heavy atom. The van der Waals surface area contributed by atoms with Crippen molar-refractivity contribution in [2.45, 2.75) is 71.2 Å². The van der Waals surface area contributed by atoms with E-state index in [0.717, 1.165) is 55.6 Å². The highest BCUT2D eigenvalue weighted by molar-refractivity contribution is 7.15. The lowest BCUT2D eigenvalue weighted by molar-refractivity contribution is -0.137. The molecule has 0 spiro atoms. The van der Waals surface area contributed by atoms with Crippen molar-refractivity contribution in [1.29, 1.82) is 0 Å². The zero-order valence-corrected chi connectivity index (χ0v) is 43.3. The molecule has 0 saturated carbocycles. The van der Waals surface area contributed by atoms with E-state index in [4.69, 9.17) is 35.5 Å². The van der Waals surface area contributed by atoms with Crippen LogP contribution in [0.15, 0.2) is 71.7 Å². The van der Waals surface area contributed by atoms with E-state index in [2.05, 4.69) is 50.2 Å². The van der Waals surface area contributed by atoms with Crippen LogP contribution in [0.25, 0.3) is 5.00 Å². The van der Waals surface area contributed by atoms with E-state index in [1.54, 1.807) is 22.3 Å². The lowest BCUT2D eigenvalue weighted by Gasteiger charge is -2.34. The minimum atomic E-state index is -0.684. The van der Waals surface area contributed by atoms with E-state index in [1.165, 1.54) is 4.88 Å². The number of fused-ring (bicyclic) bond motifs is 4. The molecule has 9 rings (SSSR count). The fraction of sp³-hybridized carbons (Fsp3) is 0.434. The van der Waals surface area contributed by atoms with Gasteiger partial charge in [-0.25, -0.2) is 0 Å². The maximum atomic E-state index is 13.7. The predicted octanol–water partition coefficient (Wildman–Crippen LogP) is 4.92. The zero-order chi connectivity index (χ0) is 51.7. The number of amides is 5. The molecule has 4 aliphatic heterocycles. The summed E-state index contributed by atoms with van der Waals surface area (Å²) in [5.41, 5.74) is 7.83. The van der Waals surface area contributed by atoms with Crippen LogP contribution in [0.3, 0.4) is 0 Å². The summed E-state index contributed by atoms with van der Waals surface area (Å²) in [7, 11) is 0. The number of nitrogens with one attached hydrogen (secondary N) is 4. The van der Waals surface area contributed by atoms with Crippen molar-refractivity contribution in [3.05, 3.63) is 127 Å². The van der Waals surface area contributed by atoms with Crippen molar-refractivity contribution >= 4 is 63.9 Å². The Morgan fingerprint density at radius 3 is 2.30 bits per heavy atom. The van der Waals surface area contributed by atoms with E-state index < -0.39 is 24.0 Å². The highest BCUT2D eigenvalue weighted by Gasteiger charge is 2.40. The van der Waals surface area contributed by atoms with Crippen LogP contribution in [0, 0.1) is 20.8 Å². The average Bonchev–Trinajstić information content (AvgIpc) is 4.02. The zero-order valence-electron chi connectivity index (χ0n) is 41.7. The van der Waals surface area contributed by atoms with Gasteiger partial charge in [0.15, 0.2) is 5.82 Å². The third kappa shape index (κ3) is 12.1. The number of halogens is 1. The first-order chi connectivity index (χ1) is 35.9. The minimum absolute atomic E-state index is 0.0828. The van der Waals surface area contributed by atoms with E-state index in [-0.39, 0.29) is 43.0 Å². The Balaban J connectivity index is 0.669. The number of piperidine rings is 1. The van der Waals surface area contributed by atoms with Crippen LogP contribution in [0.1, 0.15) is 91.6 Å². The quantitative estimate of drug-likeness (QED) is 0.0535. The summed E-state index contributed by atoms with van der Waals surface area (Å²) in [6.45, 7) is 11.8. The summed E-state index contributed by atoms with van der Waals surface area (Å²) in [5, 5.41) is 22.3. The highest BCUT2D eigenvalue weighted by atomic mass is 35.5. The number of aromatic nitrogens is 3. The van der Waals surface area contributed by atoms with Crippen LogP contribution in [-0.4, -0.2) is 145 Å². The SMILES string of the molecule is Cc1sc2c(c1C)C(c1ccc(Cl)cc1)=N[C@@H](CC(=O)NCCOCCOCCOCCNC(=O)C(c1ccc(CNc3cccc4c3CN(C3CCC(=O)NC3=O)C4=O)cc1)N1CCOCC1)c1nnc(C)n1-2. The number of hydrogen-bond acceptors (Lipinski definition) is 15. The number of ether oxygens (including phenoxy) is 4. The number of carbonyl (C=O) groups is 5. The molecule has 390 valence electrons. The van der Waals surface area contributed by atoms with Gasteiger partial charge >= 0.3 is 0 Å². The number of hydrogen-bond donors (Lipinski definition) is 4. The molecular weight excluding hydrogens is 988 g/mol. The van der Waals surface area contributed by atoms with Gasteiger partial charge < -0.3 is 39.8 Å². The average molecular weight is 1050 g/mol. The molecule has 2 aromatic heterocycles. The fourth-order valence-electron chi connectivity index (χ4n) is 9.66. The Labute approximate surface area is 438 Å². The molecule has 2 saturated heterocycles. The third-order valence-corrected chi connectivity index (χ3v) is 15.1. The molecule has 2 fully saturated rings. The molecule has 6 heterocycles. The van der Waals surface area contributed by atoms with Crippen LogP contribution in [-0.2, 0) is 51.2 Å². The number of aryl methyl sites for hydroxylation is 2. The number of benzene rings is 3. The first-order valence-electron chi connectivity index (χ1n) is 25.0. The van der Waals surface area contributed by atoms with Gasteiger partial charge in [0, 0.05) is 83.5 Å². The summed E-state index contributed by atoms with van der Waals surface area (Å²) in [5.74, 6) is 0.0581. The Kier molecular flexibility index (Phi) is 17.2. The molecule has 2 unspecified atom stereocenters. The molecule has 3 aromatic carbocycles. The van der Waals surface area contributed by atoms with Crippen LogP contribution in [0.4, 0.5) is 5.69 Å². The molecular formula is C53H61ClN10O9S. The number of thiophene rings is 1. The molecule has 74 heavy (non-hydrogen) atoms. The number of nitrogens with zero attached hydrogens (tertiary/aromatic N) is 6. The van der Waals surface area contributed by atoms with Gasteiger partial charge in [-0.3, -0.25) is 43.7 Å². The molecule has 5 amide bonds. The molecule has 0 radical (unpaired) electrons. The molecule has 21 heteroatoms. The summed E-state index contributed by atoms with van der Waals surface area (Å²) in [6, 6.07) is 19.2. The standard InChI is InChI=1S/C53H61ClN10O9S/c1-32-33(2)74-53-46(32)47(36-11-13-38(54)14-12-36)58-42(49-61-60-34(3)64(49)53)29-45(66)55-17-21-70-25-27-73-28-26-71-22-18-56-51(68)48(62-19-23-72-24-20-62)37-9-7-35(8-10-37)30-57-41-6-4-5-39-40(41)31-63(52(39)69)43-15-16-44(65)59-50(43)67/h4-14,42-43,48,57H,15-31H2,1-3H3,(H,55,66)(H,56,68)(H,59,65,67)/t42-,43?,48?/m0/s1. The molecule has 19 nitrogen and oxygen atoms in total. The predicted molar refractivity (Wildman–Crippen MR) is 278 cm³/mol. The third-order valence-electron chi connectivity index (χ3n) is 13.6. The van der Waals surface area contributed by atoms with Crippen LogP contribution in [0.5, 0.6) is 0 Å². The molecule has 4 N–H and O–H groups in total. The molecule has 0 aliphatic carbocycles. The number of imide groups is 1. The Morgan fingerprint density at radius 2 is 1.58 bits per heavy atom. The number of aliphatic imine (C=N–C) groups is 1. The summed E-state index contributed by atoms with van der Waals surface area (Å²) < 4.78 is 24.8. The van der Waals surface area contributed by atoms with E-state index in [9.17, 15) is 24.0 Å². The largest absolute Gasteiger partial charge is 0.381 e. The van der Waals surface area contributed by atoms with Crippen molar-refractivity contribution in [2.75, 3.05) is 84.4 Å². The fourth-order valence-corrected chi connectivity index (χ4v) is 11.0. The highest BCUT2D eigenvalue weighted by Crippen LogP contribution is 2.40. The van der Waals surface area contributed by atoms with Gasteiger partial charge in [0.25, 0.3) is 5.91 Å². The first-order valence-corrected chi connectivity index (χ1v) is 26.2. The smallest absolute Gasteiger partial charge is 0.255 e. The van der Waals surface area contributed by atoms with Crippen molar-refractivity contribution in [3.8, 4) is 5.00 Å². The van der Waals surface area contributed by atoms with Gasteiger partial charge in [-0.1, -0.05) is 54.1 Å². The summed E-state index contributed by atoms with van der Waals surface area (Å²) in [4.78, 5) is 74.6. The van der Waals surface area contributed by atoms with Crippen LogP contribution in [0.2, 0.25) is 5.02 Å². The van der Waals surface area contributed by atoms with Gasteiger partial charge in [-0.05, 0) is 68.1 Å². The van der Waals surface area contributed by atoms with Gasteiger partial charge in [-0.15, -0.1) is 21.5 Å². The maximum absolute atomic E-state index is 13.7. The van der Waals surface area contributed by atoms with Gasteiger partial charge in [0.2, 0.25) is 23.6 Å². The van der Waals surface area contributed by atoms with Crippen LogP contribution >= 0.6 is 22.9 Å². The maximum Gasteiger partial charge on any atom is 0.255 e. The second kappa shape index (κ2) is 24.3. The second-order valence-electron chi connectivity index (χ2n) is 18.5. The van der Waals surface area contributed by atoms with Crippen molar-refractivity contribution < 1.29 is 42.9 Å². The number of anilines is 1. The molecule has 4 aliphatic rings. The van der Waals surface area contributed by atoms with Gasteiger partial charge in [0.05, 0.1) is 65.0 Å². The topological polar surface area (TPSA) is 220 Å². The number of rotatable bonds is 22. The monoisotopic (exact) mass is 1050 g/mol. The van der Waals surface area contributed by atoms with E-state index in [0.29, 0.717) is 108 Å². The normalized spacial score (nSPS) is 18.0. The Bertz CT molecular complexity index is 2880. The summed E-state index contributed by atoms with van der Waals surface area (Å²) >= 11 is 7.90. The van der Waals surface area contributed by atoms with Crippen molar-refractivity contribution in [1.82, 2.24) is 40.5 Å². The minimum Gasteiger partial charge on any atom is -0.381 e. The lowest BCUT2D eigenvalue weighted by Crippen LogP contribution is -2.52. The van der Waals surface area contributed by atoms with Gasteiger partial charge in [0.1, 0.15) is 29.0 Å². The number of morpholine rings is 1. The summed E-state index contributed by atoms with van der Waals surface area (Å²) in [6.07, 6.45) is 0.582. The second-order valence-corrected chi connectivity index (χ2v) is 20.1. The number of carbonyl (C=O) groups excluding carboxylic acids is 5. The van der Waals surface area contributed by atoms with Crippen LogP contribution < -0.4 is 21.3 Å². The van der Waals surface area contributed by atoms with Gasteiger partial charge in [-0.2, -0.15) is 0 Å². The molecule has 5 aromatic rings. The molecule has 0 bridgehead atoms. The van der Waals surface area contributed by atoms with E-state index in [1.807, 2.05) is 72.2 Å². The van der Waals surface area contributed by atoms with Crippen molar-refractivity contribution in [2.24, 2.45) is 4.99 Å². The Hall–Kier alpha value is -6.39. The van der Waals surface area contributed by atoms with Crippen molar-refractivity contribution in [3.63, 3.8) is 0 Å². The first kappa shape index (κ1) is 52.5. The lowest BCUT2D eigenvalue weighted by atomic mass is 9.99. The van der Waals surface area contributed by atoms with E-state index >= 15 is 0 Å².